The summed E-state index contributed by atoms with van der Waals surface area (Å²) in [7, 11) is 0. The number of carbonyl (C=O) groups excluding carboxylic acids is 1. The molecule has 1 amide bonds. The van der Waals surface area contributed by atoms with Gasteiger partial charge in [0, 0.05) is 11.3 Å². The van der Waals surface area contributed by atoms with Crippen LogP contribution in [0.25, 0.3) is 22.0 Å². The van der Waals surface area contributed by atoms with Gasteiger partial charge in [0.2, 0.25) is 5.13 Å². The normalized spacial score (nSPS) is 11.1. The molecule has 0 fully saturated rings. The molecule has 2 aromatic heterocycles. The Hall–Kier alpha value is -3.20. The summed E-state index contributed by atoms with van der Waals surface area (Å²) in [5.74, 6) is 0.786. The van der Waals surface area contributed by atoms with Gasteiger partial charge in [-0.1, -0.05) is 101 Å². The number of carbonyl (C=O) groups is 1. The Morgan fingerprint density at radius 1 is 1.06 bits per heavy atom. The lowest BCUT2D eigenvalue weighted by atomic mass is 10.1. The van der Waals surface area contributed by atoms with E-state index in [1.54, 1.807) is 30.8 Å². The van der Waals surface area contributed by atoms with Crippen molar-refractivity contribution in [3.05, 3.63) is 88.6 Å². The van der Waals surface area contributed by atoms with Crippen LogP contribution in [0.3, 0.4) is 0 Å². The molecule has 9 heteroatoms. The largest absolute Gasteiger partial charge is 0.360 e. The Labute approximate surface area is 203 Å². The summed E-state index contributed by atoms with van der Waals surface area (Å²) >= 11 is 9.20. The topological polar surface area (TPSA) is 80.9 Å². The van der Waals surface area contributed by atoms with Crippen LogP contribution in [0.1, 0.15) is 21.7 Å². The standard InChI is InChI=1S/C24H17ClN4O2S2/c1-14-20(21(29-31-14)18-11-4-5-12-19(18)25)22(30)26-23-27-28-24(33-23)32-13-16-9-6-8-15-7-2-3-10-17(15)16/h2-12H,13H2,1H3,(H,26,27,30). The second-order valence-electron chi connectivity index (χ2n) is 7.20. The zero-order valence-corrected chi connectivity index (χ0v) is 19.8. The zero-order valence-electron chi connectivity index (χ0n) is 17.4. The first-order valence-corrected chi connectivity index (χ1v) is 12.2. The number of hydrogen-bond donors (Lipinski definition) is 1. The van der Waals surface area contributed by atoms with E-state index in [1.807, 2.05) is 24.3 Å². The van der Waals surface area contributed by atoms with Crippen LogP contribution in [0.4, 0.5) is 5.13 Å². The molecule has 0 saturated carbocycles. The third-order valence-corrected chi connectivity index (χ3v) is 7.43. The lowest BCUT2D eigenvalue weighted by molar-refractivity contribution is 0.102. The molecule has 5 aromatic rings. The molecule has 5 rings (SSSR count). The third-order valence-electron chi connectivity index (χ3n) is 5.08. The van der Waals surface area contributed by atoms with E-state index in [0.717, 1.165) is 10.1 Å². The number of thioether (sulfide) groups is 1. The van der Waals surface area contributed by atoms with E-state index in [9.17, 15) is 4.79 Å². The molecule has 1 N–H and O–H groups in total. The average Bonchev–Trinajstić information content (AvgIpc) is 3.44. The summed E-state index contributed by atoms with van der Waals surface area (Å²) in [6, 6.07) is 21.8. The maximum absolute atomic E-state index is 13.0. The van der Waals surface area contributed by atoms with Crippen LogP contribution in [0.2, 0.25) is 5.02 Å². The van der Waals surface area contributed by atoms with E-state index in [2.05, 4.69) is 51.0 Å². The molecule has 0 bridgehead atoms. The van der Waals surface area contributed by atoms with Crippen LogP contribution in [-0.4, -0.2) is 21.3 Å². The van der Waals surface area contributed by atoms with Crippen molar-refractivity contribution >= 4 is 56.5 Å². The highest BCUT2D eigenvalue weighted by molar-refractivity contribution is 8.00. The molecule has 2 heterocycles. The van der Waals surface area contributed by atoms with Gasteiger partial charge in [-0.05, 0) is 29.3 Å². The molecule has 0 aliphatic rings. The summed E-state index contributed by atoms with van der Waals surface area (Å²) in [4.78, 5) is 13.0. The predicted molar refractivity (Wildman–Crippen MR) is 133 cm³/mol. The second-order valence-corrected chi connectivity index (χ2v) is 9.80. The Morgan fingerprint density at radius 2 is 1.85 bits per heavy atom. The van der Waals surface area contributed by atoms with Crippen LogP contribution >= 0.6 is 34.7 Å². The molecule has 0 atom stereocenters. The number of nitrogens with zero attached hydrogens (tertiary/aromatic N) is 3. The lowest BCUT2D eigenvalue weighted by Crippen LogP contribution is -2.13. The van der Waals surface area contributed by atoms with Gasteiger partial charge in [-0.2, -0.15) is 0 Å². The van der Waals surface area contributed by atoms with Crippen LogP contribution in [0.5, 0.6) is 0 Å². The number of benzene rings is 3. The van der Waals surface area contributed by atoms with Gasteiger partial charge in [0.05, 0.1) is 5.02 Å². The molecule has 6 nitrogen and oxygen atoms in total. The summed E-state index contributed by atoms with van der Waals surface area (Å²) in [5.41, 5.74) is 2.57. The average molecular weight is 493 g/mol. The number of amides is 1. The van der Waals surface area contributed by atoms with Gasteiger partial charge in [-0.3, -0.25) is 10.1 Å². The molecular weight excluding hydrogens is 476 g/mol. The summed E-state index contributed by atoms with van der Waals surface area (Å²) < 4.78 is 6.06. The van der Waals surface area contributed by atoms with Gasteiger partial charge >= 0.3 is 0 Å². The fraction of sp³-hybridized carbons (Fsp3) is 0.0833. The number of nitrogens with one attached hydrogen (secondary N) is 1. The van der Waals surface area contributed by atoms with E-state index < -0.39 is 0 Å². The van der Waals surface area contributed by atoms with Gasteiger partial charge < -0.3 is 4.52 Å². The number of hydrogen-bond acceptors (Lipinski definition) is 7. The first-order chi connectivity index (χ1) is 16.1. The highest BCUT2D eigenvalue weighted by atomic mass is 35.5. The maximum atomic E-state index is 13.0. The molecule has 3 aromatic carbocycles. The molecule has 0 aliphatic carbocycles. The molecule has 0 saturated heterocycles. The highest BCUT2D eigenvalue weighted by Gasteiger charge is 2.24. The minimum Gasteiger partial charge on any atom is -0.360 e. The predicted octanol–water partition coefficient (Wildman–Crippen LogP) is 6.85. The first-order valence-electron chi connectivity index (χ1n) is 10.1. The van der Waals surface area contributed by atoms with Crippen molar-refractivity contribution in [2.24, 2.45) is 0 Å². The molecule has 0 aliphatic heterocycles. The van der Waals surface area contributed by atoms with Crippen LogP contribution in [-0.2, 0) is 5.75 Å². The van der Waals surface area contributed by atoms with Crippen molar-refractivity contribution in [2.45, 2.75) is 17.0 Å². The molecular formula is C24H17ClN4O2S2. The fourth-order valence-electron chi connectivity index (χ4n) is 3.51. The number of aryl methyl sites for hydroxylation is 1. The smallest absolute Gasteiger partial charge is 0.263 e. The summed E-state index contributed by atoms with van der Waals surface area (Å²) in [6.07, 6.45) is 0. The first kappa shape index (κ1) is 21.6. The van der Waals surface area contributed by atoms with E-state index in [0.29, 0.717) is 32.7 Å². The fourth-order valence-corrected chi connectivity index (χ4v) is 5.49. The number of fused-ring (bicyclic) bond motifs is 1. The Balaban J connectivity index is 1.31. The quantitative estimate of drug-likeness (QED) is 0.206. The second kappa shape index (κ2) is 9.35. The molecule has 0 spiro atoms. The Bertz CT molecular complexity index is 1460. The summed E-state index contributed by atoms with van der Waals surface area (Å²) in [6.45, 7) is 1.69. The number of rotatable bonds is 6. The van der Waals surface area contributed by atoms with E-state index in [4.69, 9.17) is 16.1 Å². The van der Waals surface area contributed by atoms with Crippen LogP contribution in [0, 0.1) is 6.92 Å². The van der Waals surface area contributed by atoms with Crippen molar-refractivity contribution in [1.29, 1.82) is 0 Å². The van der Waals surface area contributed by atoms with Gasteiger partial charge in [0.1, 0.15) is 17.0 Å². The maximum Gasteiger partial charge on any atom is 0.263 e. The minimum absolute atomic E-state index is 0.322. The van der Waals surface area contributed by atoms with Crippen molar-refractivity contribution in [3.8, 4) is 11.3 Å². The number of aromatic nitrogens is 3. The molecule has 164 valence electrons. The van der Waals surface area contributed by atoms with Gasteiger partial charge in [0.15, 0.2) is 4.34 Å². The monoisotopic (exact) mass is 492 g/mol. The number of anilines is 1. The Morgan fingerprint density at radius 3 is 2.73 bits per heavy atom. The van der Waals surface area contributed by atoms with Crippen LogP contribution in [0.15, 0.2) is 75.6 Å². The zero-order chi connectivity index (χ0) is 22.8. The minimum atomic E-state index is -0.370. The molecule has 0 radical (unpaired) electrons. The number of halogens is 1. The van der Waals surface area contributed by atoms with Crippen LogP contribution < -0.4 is 5.32 Å². The SMILES string of the molecule is Cc1onc(-c2ccccc2Cl)c1C(=O)Nc1nnc(SCc2cccc3ccccc23)s1. The van der Waals surface area contributed by atoms with Crippen molar-refractivity contribution in [1.82, 2.24) is 15.4 Å². The van der Waals surface area contributed by atoms with Gasteiger partial charge in [-0.25, -0.2) is 0 Å². The Kier molecular flexibility index (Phi) is 6.13. The van der Waals surface area contributed by atoms with E-state index in [-0.39, 0.29) is 5.91 Å². The van der Waals surface area contributed by atoms with Gasteiger partial charge in [-0.15, -0.1) is 10.2 Å². The highest BCUT2D eigenvalue weighted by Crippen LogP contribution is 2.33. The summed E-state index contributed by atoms with van der Waals surface area (Å²) in [5, 5.41) is 18.5. The molecule has 0 unspecified atom stereocenters. The van der Waals surface area contributed by atoms with E-state index >= 15 is 0 Å². The van der Waals surface area contributed by atoms with Crippen molar-refractivity contribution in [2.75, 3.05) is 5.32 Å². The van der Waals surface area contributed by atoms with Crippen molar-refractivity contribution < 1.29 is 9.32 Å². The lowest BCUT2D eigenvalue weighted by Gasteiger charge is -2.05. The molecule has 33 heavy (non-hydrogen) atoms. The third kappa shape index (κ3) is 4.50. The van der Waals surface area contributed by atoms with Crippen molar-refractivity contribution in [3.63, 3.8) is 0 Å². The van der Waals surface area contributed by atoms with Gasteiger partial charge in [0.25, 0.3) is 5.91 Å². The van der Waals surface area contributed by atoms with E-state index in [1.165, 1.54) is 27.7 Å².